The van der Waals surface area contributed by atoms with E-state index in [2.05, 4.69) is 200 Å². The quantitative estimate of drug-likeness (QED) is 0.152. The molecule has 11 rings (SSSR count). The maximum Gasteiger partial charge on any atom is 0.164 e. The highest BCUT2D eigenvalue weighted by molar-refractivity contribution is 6.24. The van der Waals surface area contributed by atoms with Gasteiger partial charge >= 0.3 is 0 Å². The zero-order chi connectivity index (χ0) is 39.8. The molecule has 3 nitrogen and oxygen atoms in total. The normalized spacial score (nSPS) is 11.3. The topological polar surface area (TPSA) is 38.7 Å². The Bertz CT molecular complexity index is 3270. The van der Waals surface area contributed by atoms with Gasteiger partial charge in [-0.2, -0.15) is 0 Å². The van der Waals surface area contributed by atoms with E-state index in [1.807, 2.05) is 24.3 Å². The number of hydrogen-bond donors (Lipinski definition) is 0. The predicted molar refractivity (Wildman–Crippen MR) is 250 cm³/mol. The third-order valence-electron chi connectivity index (χ3n) is 11.6. The van der Waals surface area contributed by atoms with Crippen LogP contribution in [-0.4, -0.2) is 15.0 Å². The van der Waals surface area contributed by atoms with E-state index in [4.69, 9.17) is 15.0 Å². The van der Waals surface area contributed by atoms with Gasteiger partial charge in [0.1, 0.15) is 0 Å². The van der Waals surface area contributed by atoms with E-state index < -0.39 is 0 Å². The Kier molecular flexibility index (Phi) is 8.83. The zero-order valence-electron chi connectivity index (χ0n) is 32.7. The lowest BCUT2D eigenvalue weighted by atomic mass is 9.84. The number of aromatic nitrogens is 3. The second kappa shape index (κ2) is 15.1. The Balaban J connectivity index is 1.08. The van der Waals surface area contributed by atoms with Crippen molar-refractivity contribution in [2.45, 2.75) is 0 Å². The molecule has 0 aliphatic rings. The Morgan fingerprint density at radius 1 is 0.183 bits per heavy atom. The van der Waals surface area contributed by atoms with Gasteiger partial charge in [-0.1, -0.05) is 218 Å². The van der Waals surface area contributed by atoms with Gasteiger partial charge in [0, 0.05) is 16.7 Å². The van der Waals surface area contributed by atoms with Crippen molar-refractivity contribution in [3.05, 3.63) is 224 Å². The van der Waals surface area contributed by atoms with Crippen molar-refractivity contribution in [1.29, 1.82) is 0 Å². The van der Waals surface area contributed by atoms with E-state index in [-0.39, 0.29) is 0 Å². The monoisotopic (exact) mass is 763 g/mol. The summed E-state index contributed by atoms with van der Waals surface area (Å²) in [6, 6.07) is 79.5. The average Bonchev–Trinajstić information content (AvgIpc) is 3.34. The fourth-order valence-corrected chi connectivity index (χ4v) is 8.69. The van der Waals surface area contributed by atoms with Crippen LogP contribution in [0.3, 0.4) is 0 Å². The first-order valence-corrected chi connectivity index (χ1v) is 20.4. The van der Waals surface area contributed by atoms with Crippen LogP contribution < -0.4 is 0 Å². The van der Waals surface area contributed by atoms with Crippen molar-refractivity contribution in [2.24, 2.45) is 0 Å². The maximum atomic E-state index is 5.20. The highest BCUT2D eigenvalue weighted by atomic mass is 15.0. The predicted octanol–water partition coefficient (Wildman–Crippen LogP) is 15.0. The van der Waals surface area contributed by atoms with Crippen LogP contribution in [0.5, 0.6) is 0 Å². The molecule has 0 saturated heterocycles. The van der Waals surface area contributed by atoms with Gasteiger partial charge in [-0.25, -0.2) is 15.0 Å². The summed E-state index contributed by atoms with van der Waals surface area (Å²) in [6.45, 7) is 0. The second-order valence-corrected chi connectivity index (χ2v) is 15.1. The summed E-state index contributed by atoms with van der Waals surface area (Å²) in [4.78, 5) is 15.4. The Hall–Kier alpha value is -8.01. The molecule has 0 amide bonds. The highest BCUT2D eigenvalue weighted by Crippen LogP contribution is 2.46. The summed E-state index contributed by atoms with van der Waals surface area (Å²) in [6.07, 6.45) is 0. The van der Waals surface area contributed by atoms with E-state index in [9.17, 15) is 0 Å². The molecule has 3 heteroatoms. The lowest BCUT2D eigenvalue weighted by molar-refractivity contribution is 1.08. The van der Waals surface area contributed by atoms with Gasteiger partial charge in [0.25, 0.3) is 0 Å². The van der Waals surface area contributed by atoms with Crippen LogP contribution in [0.4, 0.5) is 0 Å². The minimum Gasteiger partial charge on any atom is -0.208 e. The molecule has 11 aromatic rings. The van der Waals surface area contributed by atoms with Crippen molar-refractivity contribution in [3.8, 4) is 78.7 Å². The molecule has 0 aliphatic heterocycles. The van der Waals surface area contributed by atoms with Gasteiger partial charge in [-0.3, -0.25) is 0 Å². The second-order valence-electron chi connectivity index (χ2n) is 15.1. The van der Waals surface area contributed by atoms with Crippen LogP contribution in [0.2, 0.25) is 0 Å². The van der Waals surface area contributed by atoms with Crippen LogP contribution in [0.25, 0.3) is 111 Å². The third-order valence-corrected chi connectivity index (χ3v) is 11.6. The standard InChI is InChI=1S/C57H37N3/c1-4-16-38(17-5-1)40-28-32-42(33-29-40)53-47-24-12-14-26-49(47)54(50-27-15-13-25-48(50)53)51-36-37-52(46-23-11-10-22-45(46)51)57-59-55(43-20-8-3-9-21-43)58-56(60-57)44-34-30-41(31-35-44)39-18-6-2-7-19-39/h1-37H. The third kappa shape index (κ3) is 6.30. The summed E-state index contributed by atoms with van der Waals surface area (Å²) >= 11 is 0. The molecule has 0 N–H and O–H groups in total. The van der Waals surface area contributed by atoms with E-state index >= 15 is 0 Å². The van der Waals surface area contributed by atoms with Crippen LogP contribution in [0.15, 0.2) is 224 Å². The maximum absolute atomic E-state index is 5.20. The molecule has 0 bridgehead atoms. The van der Waals surface area contributed by atoms with Crippen molar-refractivity contribution in [1.82, 2.24) is 15.0 Å². The van der Waals surface area contributed by atoms with Crippen LogP contribution >= 0.6 is 0 Å². The first-order valence-electron chi connectivity index (χ1n) is 20.4. The fraction of sp³-hybridized carbons (Fsp3) is 0. The molecule has 280 valence electrons. The van der Waals surface area contributed by atoms with E-state index in [1.54, 1.807) is 0 Å². The van der Waals surface area contributed by atoms with Crippen molar-refractivity contribution < 1.29 is 0 Å². The van der Waals surface area contributed by atoms with Gasteiger partial charge in [0.15, 0.2) is 17.5 Å². The zero-order valence-corrected chi connectivity index (χ0v) is 32.7. The van der Waals surface area contributed by atoms with E-state index in [0.717, 1.165) is 33.0 Å². The number of hydrogen-bond acceptors (Lipinski definition) is 3. The van der Waals surface area contributed by atoms with Gasteiger partial charge < -0.3 is 0 Å². The van der Waals surface area contributed by atoms with Gasteiger partial charge in [0.2, 0.25) is 0 Å². The van der Waals surface area contributed by atoms with Crippen molar-refractivity contribution in [3.63, 3.8) is 0 Å². The van der Waals surface area contributed by atoms with Crippen molar-refractivity contribution >= 4 is 32.3 Å². The molecule has 0 atom stereocenters. The molecular weight excluding hydrogens is 727 g/mol. The summed E-state index contributed by atoms with van der Waals surface area (Å²) in [5.41, 5.74) is 12.4. The number of fused-ring (bicyclic) bond motifs is 3. The minimum atomic E-state index is 0.635. The van der Waals surface area contributed by atoms with Crippen LogP contribution in [0, 0.1) is 0 Å². The lowest BCUT2D eigenvalue weighted by Gasteiger charge is -2.19. The molecule has 0 saturated carbocycles. The molecular formula is C57H37N3. The molecule has 0 aliphatic carbocycles. The molecule has 0 spiro atoms. The van der Waals surface area contributed by atoms with Crippen LogP contribution in [0.1, 0.15) is 0 Å². The van der Waals surface area contributed by atoms with Gasteiger partial charge in [-0.05, 0) is 82.9 Å². The minimum absolute atomic E-state index is 0.635. The SMILES string of the molecule is c1ccc(-c2ccc(-c3nc(-c4ccccc4)nc(-c4ccc(-c5c6ccccc6c(-c6ccc(-c7ccccc7)cc6)c6ccccc56)c5ccccc45)n3)cc2)cc1. The number of nitrogens with zero attached hydrogens (tertiary/aromatic N) is 3. The van der Waals surface area contributed by atoms with Gasteiger partial charge in [0.05, 0.1) is 0 Å². The molecule has 0 radical (unpaired) electrons. The van der Waals surface area contributed by atoms with Crippen molar-refractivity contribution in [2.75, 3.05) is 0 Å². The molecule has 1 aromatic heterocycles. The summed E-state index contributed by atoms with van der Waals surface area (Å²) < 4.78 is 0. The average molecular weight is 764 g/mol. The fourth-order valence-electron chi connectivity index (χ4n) is 8.69. The van der Waals surface area contributed by atoms with Gasteiger partial charge in [-0.15, -0.1) is 0 Å². The number of benzene rings is 10. The highest BCUT2D eigenvalue weighted by Gasteiger charge is 2.21. The largest absolute Gasteiger partial charge is 0.208 e. The first-order chi connectivity index (χ1) is 29.8. The Morgan fingerprint density at radius 2 is 0.483 bits per heavy atom. The molecule has 60 heavy (non-hydrogen) atoms. The first kappa shape index (κ1) is 35.2. The van der Waals surface area contributed by atoms with E-state index in [1.165, 1.54) is 60.5 Å². The molecule has 10 aromatic carbocycles. The number of rotatable bonds is 7. The summed E-state index contributed by atoms with van der Waals surface area (Å²) in [7, 11) is 0. The molecule has 0 fully saturated rings. The smallest absolute Gasteiger partial charge is 0.164 e. The summed E-state index contributed by atoms with van der Waals surface area (Å²) in [5.74, 6) is 1.91. The molecule has 0 unspecified atom stereocenters. The summed E-state index contributed by atoms with van der Waals surface area (Å²) in [5, 5.41) is 7.09. The Morgan fingerprint density at radius 3 is 0.967 bits per heavy atom. The van der Waals surface area contributed by atoms with Crippen LogP contribution in [-0.2, 0) is 0 Å². The molecule has 1 heterocycles. The lowest BCUT2D eigenvalue weighted by Crippen LogP contribution is -2.01. The Labute approximate surface area is 349 Å². The van der Waals surface area contributed by atoms with E-state index in [0.29, 0.717) is 17.5 Å².